The van der Waals surface area contributed by atoms with Gasteiger partial charge in [-0.3, -0.25) is 4.90 Å². The summed E-state index contributed by atoms with van der Waals surface area (Å²) in [7, 11) is 0. The molecule has 1 fully saturated rings. The normalized spacial score (nSPS) is 18.9. The van der Waals surface area contributed by atoms with Crippen LogP contribution in [0.5, 0.6) is 0 Å². The van der Waals surface area contributed by atoms with Crippen molar-refractivity contribution in [1.29, 1.82) is 0 Å². The minimum Gasteiger partial charge on any atom is -0.391 e. The third-order valence-corrected chi connectivity index (χ3v) is 4.28. The number of alkyl halides is 1. The fourth-order valence-electron chi connectivity index (χ4n) is 2.23. The van der Waals surface area contributed by atoms with Gasteiger partial charge in [0.1, 0.15) is 0 Å². The fourth-order valence-corrected chi connectivity index (χ4v) is 2.69. The third kappa shape index (κ3) is 3.60. The first-order chi connectivity index (χ1) is 8.70. The molecule has 1 aliphatic rings. The van der Waals surface area contributed by atoms with Crippen molar-refractivity contribution in [2.75, 3.05) is 43.0 Å². The Balaban J connectivity index is 1.89. The number of aliphatic hydroxyl groups is 1. The van der Waals surface area contributed by atoms with Gasteiger partial charge in [-0.1, -0.05) is 39.7 Å². The molecule has 1 atom stereocenters. The number of piperazine rings is 1. The van der Waals surface area contributed by atoms with Crippen molar-refractivity contribution in [1.82, 2.24) is 4.90 Å². The number of benzene rings is 1. The Morgan fingerprint density at radius 2 is 1.89 bits per heavy atom. The molecule has 1 saturated heterocycles. The molecule has 1 aliphatic heterocycles. The highest BCUT2D eigenvalue weighted by molar-refractivity contribution is 9.09. The molecule has 0 saturated carbocycles. The first kappa shape index (κ1) is 14.1. The standard InChI is InChI=1S/C13H18BrClN2O/c14-9-11(18)10-16-5-7-17(8-6-16)13-4-2-1-3-12(13)15/h1-4,11,18H,5-10H2. The smallest absolute Gasteiger partial charge is 0.0763 e. The van der Waals surface area contributed by atoms with Crippen molar-refractivity contribution in [2.24, 2.45) is 0 Å². The maximum Gasteiger partial charge on any atom is 0.0763 e. The van der Waals surface area contributed by atoms with Crippen LogP contribution in [-0.4, -0.2) is 54.2 Å². The molecular formula is C13H18BrClN2O. The summed E-state index contributed by atoms with van der Waals surface area (Å²) in [6.07, 6.45) is -0.281. The summed E-state index contributed by atoms with van der Waals surface area (Å²) in [5, 5.41) is 11.1. The molecule has 0 amide bonds. The van der Waals surface area contributed by atoms with Crippen LogP contribution in [0.15, 0.2) is 24.3 Å². The van der Waals surface area contributed by atoms with E-state index in [2.05, 4.69) is 31.8 Å². The Labute approximate surface area is 121 Å². The van der Waals surface area contributed by atoms with Gasteiger partial charge in [-0.2, -0.15) is 0 Å². The summed E-state index contributed by atoms with van der Waals surface area (Å²) < 4.78 is 0. The molecule has 1 aromatic carbocycles. The number of halogens is 2. The van der Waals surface area contributed by atoms with Gasteiger partial charge >= 0.3 is 0 Å². The van der Waals surface area contributed by atoms with Crippen LogP contribution in [0.4, 0.5) is 5.69 Å². The number of nitrogens with zero attached hydrogens (tertiary/aromatic N) is 2. The Morgan fingerprint density at radius 1 is 1.22 bits per heavy atom. The highest BCUT2D eigenvalue weighted by Crippen LogP contribution is 2.25. The molecule has 18 heavy (non-hydrogen) atoms. The van der Waals surface area contributed by atoms with Crippen LogP contribution in [0.3, 0.4) is 0 Å². The minimum absolute atomic E-state index is 0.281. The zero-order valence-corrected chi connectivity index (χ0v) is 12.6. The van der Waals surface area contributed by atoms with Gasteiger partial charge < -0.3 is 10.0 Å². The summed E-state index contributed by atoms with van der Waals surface area (Å²) in [5.41, 5.74) is 1.11. The first-order valence-corrected chi connectivity index (χ1v) is 7.66. The summed E-state index contributed by atoms with van der Waals surface area (Å²) in [6, 6.07) is 7.96. The number of para-hydroxylation sites is 1. The fraction of sp³-hybridized carbons (Fsp3) is 0.538. The van der Waals surface area contributed by atoms with E-state index in [1.807, 2.05) is 18.2 Å². The molecule has 0 bridgehead atoms. The summed E-state index contributed by atoms with van der Waals surface area (Å²) in [5.74, 6) is 0. The number of rotatable bonds is 4. The molecule has 100 valence electrons. The Bertz CT molecular complexity index is 383. The second kappa shape index (κ2) is 6.75. The van der Waals surface area contributed by atoms with E-state index >= 15 is 0 Å². The van der Waals surface area contributed by atoms with Crippen LogP contribution in [0.1, 0.15) is 0 Å². The van der Waals surface area contributed by atoms with E-state index < -0.39 is 0 Å². The molecule has 1 unspecified atom stereocenters. The summed E-state index contributed by atoms with van der Waals surface area (Å²) in [6.45, 7) is 4.59. The summed E-state index contributed by atoms with van der Waals surface area (Å²) in [4.78, 5) is 4.60. The molecule has 5 heteroatoms. The molecule has 0 aliphatic carbocycles. The molecular weight excluding hydrogens is 316 g/mol. The molecule has 0 radical (unpaired) electrons. The zero-order valence-electron chi connectivity index (χ0n) is 10.2. The van der Waals surface area contributed by atoms with Crippen LogP contribution >= 0.6 is 27.5 Å². The van der Waals surface area contributed by atoms with Crippen LogP contribution in [0.2, 0.25) is 5.02 Å². The van der Waals surface area contributed by atoms with Gasteiger partial charge in [0.25, 0.3) is 0 Å². The van der Waals surface area contributed by atoms with Crippen molar-refractivity contribution in [3.8, 4) is 0 Å². The van der Waals surface area contributed by atoms with Crippen molar-refractivity contribution < 1.29 is 5.11 Å². The number of hydrogen-bond acceptors (Lipinski definition) is 3. The maximum absolute atomic E-state index is 9.61. The predicted octanol–water partition coefficient (Wildman–Crippen LogP) is 2.22. The number of anilines is 1. The van der Waals surface area contributed by atoms with E-state index in [1.165, 1.54) is 0 Å². The van der Waals surface area contributed by atoms with Crippen molar-refractivity contribution >= 4 is 33.2 Å². The molecule has 1 N–H and O–H groups in total. The van der Waals surface area contributed by atoms with E-state index in [0.29, 0.717) is 5.33 Å². The minimum atomic E-state index is -0.281. The van der Waals surface area contributed by atoms with Crippen LogP contribution in [0, 0.1) is 0 Å². The largest absolute Gasteiger partial charge is 0.391 e. The lowest BCUT2D eigenvalue weighted by Gasteiger charge is -2.37. The van der Waals surface area contributed by atoms with Crippen LogP contribution in [-0.2, 0) is 0 Å². The Kier molecular flexibility index (Phi) is 5.30. The average molecular weight is 334 g/mol. The lowest BCUT2D eigenvalue weighted by atomic mass is 10.2. The number of aliphatic hydroxyl groups excluding tert-OH is 1. The molecule has 1 heterocycles. The van der Waals surface area contributed by atoms with E-state index in [1.54, 1.807) is 0 Å². The first-order valence-electron chi connectivity index (χ1n) is 6.16. The van der Waals surface area contributed by atoms with Gasteiger partial charge in [-0.15, -0.1) is 0 Å². The van der Waals surface area contributed by atoms with Gasteiger partial charge in [0, 0.05) is 38.1 Å². The molecule has 3 nitrogen and oxygen atoms in total. The van der Waals surface area contributed by atoms with E-state index in [0.717, 1.165) is 43.4 Å². The molecule has 2 rings (SSSR count). The number of β-amino-alcohol motifs (C(OH)–C–C–N with tert-alkyl or cyclic N) is 1. The molecule has 0 aromatic heterocycles. The zero-order chi connectivity index (χ0) is 13.0. The SMILES string of the molecule is OC(CBr)CN1CCN(c2ccccc2Cl)CC1. The second-order valence-electron chi connectivity index (χ2n) is 4.55. The van der Waals surface area contributed by atoms with Crippen molar-refractivity contribution in [3.63, 3.8) is 0 Å². The highest BCUT2D eigenvalue weighted by Gasteiger charge is 2.20. The monoisotopic (exact) mass is 332 g/mol. The summed E-state index contributed by atoms with van der Waals surface area (Å²) >= 11 is 9.49. The van der Waals surface area contributed by atoms with Crippen LogP contribution in [0.25, 0.3) is 0 Å². The maximum atomic E-state index is 9.61. The Morgan fingerprint density at radius 3 is 2.50 bits per heavy atom. The van der Waals surface area contributed by atoms with Gasteiger partial charge in [0.15, 0.2) is 0 Å². The quantitative estimate of drug-likeness (QED) is 0.856. The van der Waals surface area contributed by atoms with Crippen molar-refractivity contribution in [2.45, 2.75) is 6.10 Å². The van der Waals surface area contributed by atoms with E-state index in [9.17, 15) is 5.11 Å². The predicted molar refractivity (Wildman–Crippen MR) is 79.9 cm³/mol. The Hall–Kier alpha value is -0.290. The van der Waals surface area contributed by atoms with Gasteiger partial charge in [0.2, 0.25) is 0 Å². The lowest BCUT2D eigenvalue weighted by molar-refractivity contribution is 0.127. The number of hydrogen-bond donors (Lipinski definition) is 1. The lowest BCUT2D eigenvalue weighted by Crippen LogP contribution is -2.48. The van der Waals surface area contributed by atoms with Gasteiger partial charge in [-0.05, 0) is 12.1 Å². The van der Waals surface area contributed by atoms with Crippen LogP contribution < -0.4 is 4.90 Å². The topological polar surface area (TPSA) is 26.7 Å². The highest BCUT2D eigenvalue weighted by atomic mass is 79.9. The average Bonchev–Trinajstić information content (AvgIpc) is 2.40. The molecule has 1 aromatic rings. The van der Waals surface area contributed by atoms with E-state index in [4.69, 9.17) is 11.6 Å². The van der Waals surface area contributed by atoms with Gasteiger partial charge in [-0.25, -0.2) is 0 Å². The van der Waals surface area contributed by atoms with E-state index in [-0.39, 0.29) is 6.10 Å². The third-order valence-electron chi connectivity index (χ3n) is 3.21. The van der Waals surface area contributed by atoms with Crippen molar-refractivity contribution in [3.05, 3.63) is 29.3 Å². The van der Waals surface area contributed by atoms with Gasteiger partial charge in [0.05, 0.1) is 16.8 Å². The molecule has 0 spiro atoms. The second-order valence-corrected chi connectivity index (χ2v) is 5.60.